The number of hydrogen-bond acceptors (Lipinski definition) is 3. The molecule has 1 aliphatic rings. The molecule has 1 fully saturated rings. The Morgan fingerprint density at radius 1 is 1.33 bits per heavy atom. The highest BCUT2D eigenvalue weighted by molar-refractivity contribution is 5.68. The van der Waals surface area contributed by atoms with E-state index in [9.17, 15) is 0 Å². The van der Waals surface area contributed by atoms with Crippen molar-refractivity contribution in [1.29, 1.82) is 0 Å². The fourth-order valence-electron chi connectivity index (χ4n) is 3.15. The van der Waals surface area contributed by atoms with Crippen LogP contribution in [-0.2, 0) is 5.41 Å². The second-order valence-electron chi connectivity index (χ2n) is 8.13. The summed E-state index contributed by atoms with van der Waals surface area (Å²) < 4.78 is 1.94. The van der Waals surface area contributed by atoms with E-state index in [1.807, 2.05) is 16.9 Å². The van der Waals surface area contributed by atoms with Gasteiger partial charge in [0.15, 0.2) is 5.82 Å². The van der Waals surface area contributed by atoms with E-state index in [0.717, 1.165) is 17.0 Å². The summed E-state index contributed by atoms with van der Waals surface area (Å²) in [6.45, 7) is 11.3. The number of aromatic nitrogens is 3. The number of fused-ring (bicyclic) bond motifs is 1. The molecule has 0 aliphatic heterocycles. The molecule has 0 radical (unpaired) electrons. The molecule has 0 amide bonds. The van der Waals surface area contributed by atoms with E-state index in [4.69, 9.17) is 0 Å². The van der Waals surface area contributed by atoms with Crippen molar-refractivity contribution in [3.8, 4) is 0 Å². The second-order valence-corrected chi connectivity index (χ2v) is 8.13. The van der Waals surface area contributed by atoms with Crippen LogP contribution in [0.1, 0.15) is 59.6 Å². The van der Waals surface area contributed by atoms with E-state index >= 15 is 0 Å². The molecule has 2 aromatic heterocycles. The van der Waals surface area contributed by atoms with E-state index in [0.29, 0.717) is 11.5 Å². The predicted octanol–water partition coefficient (Wildman–Crippen LogP) is 4.02. The standard InChI is InChI=1S/C17H26N4/c1-16(2,3)14-10-13-15(18-8-9-21(13)20-14)19-12-6-7-17(4,5)11-12/h8-10,12H,6-7,11H2,1-5H3,(H,18,19). The second kappa shape index (κ2) is 4.72. The van der Waals surface area contributed by atoms with Crippen LogP contribution in [0.2, 0.25) is 0 Å². The van der Waals surface area contributed by atoms with Crippen LogP contribution in [0.15, 0.2) is 18.5 Å². The first kappa shape index (κ1) is 14.4. The van der Waals surface area contributed by atoms with E-state index in [-0.39, 0.29) is 5.41 Å². The van der Waals surface area contributed by atoms with Gasteiger partial charge in [-0.05, 0) is 30.7 Å². The Labute approximate surface area is 127 Å². The molecule has 0 saturated heterocycles. The third-order valence-corrected chi connectivity index (χ3v) is 4.47. The van der Waals surface area contributed by atoms with Crippen molar-refractivity contribution in [2.45, 2.75) is 65.3 Å². The van der Waals surface area contributed by atoms with Crippen molar-refractivity contribution in [2.75, 3.05) is 5.32 Å². The monoisotopic (exact) mass is 286 g/mol. The van der Waals surface area contributed by atoms with Crippen LogP contribution >= 0.6 is 0 Å². The van der Waals surface area contributed by atoms with Crippen LogP contribution < -0.4 is 5.32 Å². The fourth-order valence-corrected chi connectivity index (χ4v) is 3.15. The summed E-state index contributed by atoms with van der Waals surface area (Å²) in [6, 6.07) is 2.68. The summed E-state index contributed by atoms with van der Waals surface area (Å²) >= 11 is 0. The SMILES string of the molecule is CC1(C)CCC(Nc2nccn3nc(C(C)(C)C)cc23)C1. The van der Waals surface area contributed by atoms with Gasteiger partial charge in [0.1, 0.15) is 5.52 Å². The number of nitrogens with zero attached hydrogens (tertiary/aromatic N) is 3. The molecule has 2 heterocycles. The number of nitrogens with one attached hydrogen (secondary N) is 1. The quantitative estimate of drug-likeness (QED) is 0.906. The van der Waals surface area contributed by atoms with Crippen LogP contribution in [0.25, 0.3) is 5.52 Å². The maximum atomic E-state index is 4.68. The Morgan fingerprint density at radius 3 is 2.71 bits per heavy atom. The van der Waals surface area contributed by atoms with Gasteiger partial charge in [0, 0.05) is 23.9 Å². The van der Waals surface area contributed by atoms with Gasteiger partial charge in [-0.2, -0.15) is 5.10 Å². The molecule has 3 rings (SSSR count). The molecule has 114 valence electrons. The first-order valence-electron chi connectivity index (χ1n) is 7.86. The van der Waals surface area contributed by atoms with Crippen molar-refractivity contribution in [1.82, 2.24) is 14.6 Å². The van der Waals surface area contributed by atoms with Gasteiger partial charge in [0.05, 0.1) is 5.69 Å². The zero-order chi connectivity index (χ0) is 15.3. The lowest BCUT2D eigenvalue weighted by Crippen LogP contribution is -2.18. The molecule has 4 heteroatoms. The lowest BCUT2D eigenvalue weighted by atomic mass is 9.92. The molecule has 4 nitrogen and oxygen atoms in total. The molecule has 21 heavy (non-hydrogen) atoms. The first-order valence-corrected chi connectivity index (χ1v) is 7.86. The molecule has 1 atom stereocenters. The fraction of sp³-hybridized carbons (Fsp3) is 0.647. The summed E-state index contributed by atoms with van der Waals surface area (Å²) in [5.74, 6) is 0.961. The minimum Gasteiger partial charge on any atom is -0.366 e. The number of anilines is 1. The average Bonchev–Trinajstić information content (AvgIpc) is 2.93. The normalized spacial score (nSPS) is 21.9. The molecular weight excluding hydrogens is 260 g/mol. The molecule has 0 bridgehead atoms. The third-order valence-electron chi connectivity index (χ3n) is 4.47. The summed E-state index contributed by atoms with van der Waals surface area (Å²) in [5, 5.41) is 8.32. The maximum Gasteiger partial charge on any atom is 0.152 e. The highest BCUT2D eigenvalue weighted by atomic mass is 15.2. The molecule has 2 aromatic rings. The van der Waals surface area contributed by atoms with Gasteiger partial charge in [-0.3, -0.25) is 0 Å². The summed E-state index contributed by atoms with van der Waals surface area (Å²) in [4.78, 5) is 4.54. The minimum absolute atomic E-state index is 0.0542. The Balaban J connectivity index is 1.91. The van der Waals surface area contributed by atoms with E-state index in [1.165, 1.54) is 19.3 Å². The van der Waals surface area contributed by atoms with Crippen LogP contribution in [0.4, 0.5) is 5.82 Å². The van der Waals surface area contributed by atoms with Crippen LogP contribution in [0.3, 0.4) is 0 Å². The van der Waals surface area contributed by atoms with Gasteiger partial charge >= 0.3 is 0 Å². The lowest BCUT2D eigenvalue weighted by Gasteiger charge is -2.18. The van der Waals surface area contributed by atoms with Crippen molar-refractivity contribution in [3.63, 3.8) is 0 Å². The van der Waals surface area contributed by atoms with Gasteiger partial charge in [-0.25, -0.2) is 9.50 Å². The van der Waals surface area contributed by atoms with Crippen molar-refractivity contribution < 1.29 is 0 Å². The molecule has 1 unspecified atom stereocenters. The van der Waals surface area contributed by atoms with Crippen molar-refractivity contribution in [3.05, 3.63) is 24.2 Å². The molecule has 0 spiro atoms. The summed E-state index contributed by atoms with van der Waals surface area (Å²) in [7, 11) is 0. The predicted molar refractivity (Wildman–Crippen MR) is 86.7 cm³/mol. The first-order chi connectivity index (χ1) is 9.74. The summed E-state index contributed by atoms with van der Waals surface area (Å²) in [5.41, 5.74) is 2.68. The summed E-state index contributed by atoms with van der Waals surface area (Å²) in [6.07, 6.45) is 7.45. The number of hydrogen-bond donors (Lipinski definition) is 1. The largest absolute Gasteiger partial charge is 0.366 e. The van der Waals surface area contributed by atoms with E-state index in [1.54, 1.807) is 0 Å². The molecule has 1 saturated carbocycles. The highest BCUT2D eigenvalue weighted by Gasteiger charge is 2.31. The molecule has 1 N–H and O–H groups in total. The van der Waals surface area contributed by atoms with Gasteiger partial charge in [0.25, 0.3) is 0 Å². The lowest BCUT2D eigenvalue weighted by molar-refractivity contribution is 0.378. The van der Waals surface area contributed by atoms with Crippen LogP contribution in [0.5, 0.6) is 0 Å². The minimum atomic E-state index is 0.0542. The Kier molecular flexibility index (Phi) is 3.23. The van der Waals surface area contributed by atoms with Gasteiger partial charge < -0.3 is 5.32 Å². The van der Waals surface area contributed by atoms with Crippen LogP contribution in [0, 0.1) is 5.41 Å². The highest BCUT2D eigenvalue weighted by Crippen LogP contribution is 2.38. The van der Waals surface area contributed by atoms with Gasteiger partial charge in [-0.15, -0.1) is 0 Å². The molecular formula is C17H26N4. The van der Waals surface area contributed by atoms with E-state index in [2.05, 4.69) is 56.1 Å². The molecule has 0 aromatic carbocycles. The van der Waals surface area contributed by atoms with Crippen LogP contribution in [-0.4, -0.2) is 20.6 Å². The van der Waals surface area contributed by atoms with Crippen molar-refractivity contribution in [2.24, 2.45) is 5.41 Å². The third kappa shape index (κ3) is 2.89. The van der Waals surface area contributed by atoms with E-state index < -0.39 is 0 Å². The average molecular weight is 286 g/mol. The smallest absolute Gasteiger partial charge is 0.152 e. The topological polar surface area (TPSA) is 42.2 Å². The Hall–Kier alpha value is -1.58. The van der Waals surface area contributed by atoms with Gasteiger partial charge in [-0.1, -0.05) is 34.6 Å². The maximum absolute atomic E-state index is 4.68. The Morgan fingerprint density at radius 2 is 2.10 bits per heavy atom. The zero-order valence-electron chi connectivity index (χ0n) is 13.8. The zero-order valence-corrected chi connectivity index (χ0v) is 13.8. The van der Waals surface area contributed by atoms with Gasteiger partial charge in [0.2, 0.25) is 0 Å². The Bertz CT molecular complexity index is 648. The number of rotatable bonds is 2. The molecule has 1 aliphatic carbocycles. The van der Waals surface area contributed by atoms with Crippen molar-refractivity contribution >= 4 is 11.3 Å².